The van der Waals surface area contributed by atoms with Crippen molar-refractivity contribution in [3.63, 3.8) is 0 Å². The summed E-state index contributed by atoms with van der Waals surface area (Å²) in [4.78, 5) is 12.9. The van der Waals surface area contributed by atoms with Gasteiger partial charge in [-0.1, -0.05) is 49.7 Å². The minimum atomic E-state index is -3.76. The van der Waals surface area contributed by atoms with E-state index in [2.05, 4.69) is 10.0 Å². The van der Waals surface area contributed by atoms with Gasteiger partial charge in [0.25, 0.3) is 5.91 Å². The van der Waals surface area contributed by atoms with E-state index in [-0.39, 0.29) is 35.4 Å². The summed E-state index contributed by atoms with van der Waals surface area (Å²) in [6.07, 6.45) is 2.60. The standard InChI is InChI=1S/C22H28N2O4S/c1-16-10-11-18(29(27,28)23-14-17-7-4-3-5-8-17)13-19(16)21(26)24-20-9-6-12-22(20,2)15-25/h3-5,7-8,10-11,13,20,23,25H,6,9,12,14-15H2,1-2H3,(H,24,26)/t20-,22+/m0/s1. The third-order valence-corrected chi connectivity index (χ3v) is 7.22. The minimum Gasteiger partial charge on any atom is -0.396 e. The van der Waals surface area contributed by atoms with Gasteiger partial charge < -0.3 is 10.4 Å². The van der Waals surface area contributed by atoms with Gasteiger partial charge in [-0.3, -0.25) is 4.79 Å². The smallest absolute Gasteiger partial charge is 0.251 e. The summed E-state index contributed by atoms with van der Waals surface area (Å²) in [6, 6.07) is 13.7. The zero-order valence-corrected chi connectivity index (χ0v) is 17.6. The van der Waals surface area contributed by atoms with E-state index >= 15 is 0 Å². The van der Waals surface area contributed by atoms with Crippen molar-refractivity contribution in [2.45, 2.75) is 50.6 Å². The maximum Gasteiger partial charge on any atom is 0.251 e. The highest BCUT2D eigenvalue weighted by atomic mass is 32.2. The van der Waals surface area contributed by atoms with Crippen LogP contribution in [0.1, 0.15) is 47.7 Å². The molecule has 0 radical (unpaired) electrons. The molecule has 156 valence electrons. The second-order valence-electron chi connectivity index (χ2n) is 8.02. The molecule has 1 fully saturated rings. The molecule has 3 rings (SSSR count). The molecule has 1 aliphatic carbocycles. The van der Waals surface area contributed by atoms with E-state index in [0.29, 0.717) is 11.1 Å². The molecule has 6 nitrogen and oxygen atoms in total. The average molecular weight is 417 g/mol. The third-order valence-electron chi connectivity index (χ3n) is 5.82. The Balaban J connectivity index is 1.77. The molecular weight excluding hydrogens is 388 g/mol. The Morgan fingerprint density at radius 1 is 1.21 bits per heavy atom. The van der Waals surface area contributed by atoms with Crippen LogP contribution in [0.4, 0.5) is 0 Å². The molecule has 1 saturated carbocycles. The van der Waals surface area contributed by atoms with E-state index in [0.717, 1.165) is 24.8 Å². The van der Waals surface area contributed by atoms with Crippen molar-refractivity contribution in [3.05, 3.63) is 65.2 Å². The van der Waals surface area contributed by atoms with E-state index < -0.39 is 10.0 Å². The van der Waals surface area contributed by atoms with E-state index in [1.165, 1.54) is 12.1 Å². The number of aliphatic hydroxyl groups excluding tert-OH is 1. The number of sulfonamides is 1. The maximum atomic E-state index is 12.9. The number of aliphatic hydroxyl groups is 1. The SMILES string of the molecule is Cc1ccc(S(=O)(=O)NCc2ccccc2)cc1C(=O)N[C@H]1CCC[C@]1(C)CO. The average Bonchev–Trinajstić information content (AvgIpc) is 3.08. The molecule has 3 N–H and O–H groups in total. The molecule has 0 spiro atoms. The Hall–Kier alpha value is -2.22. The molecule has 0 bridgehead atoms. The highest BCUT2D eigenvalue weighted by molar-refractivity contribution is 7.89. The van der Waals surface area contributed by atoms with Crippen molar-refractivity contribution in [3.8, 4) is 0 Å². The van der Waals surface area contributed by atoms with Gasteiger partial charge >= 0.3 is 0 Å². The Bertz CT molecular complexity index is 976. The molecule has 1 amide bonds. The van der Waals surface area contributed by atoms with Crippen molar-refractivity contribution in [2.24, 2.45) is 5.41 Å². The lowest BCUT2D eigenvalue weighted by molar-refractivity contribution is 0.0830. The van der Waals surface area contributed by atoms with Gasteiger partial charge in [-0.15, -0.1) is 0 Å². The zero-order valence-electron chi connectivity index (χ0n) is 16.8. The van der Waals surface area contributed by atoms with Gasteiger partial charge in [0.2, 0.25) is 10.0 Å². The van der Waals surface area contributed by atoms with Gasteiger partial charge in [0.05, 0.1) is 11.5 Å². The van der Waals surface area contributed by atoms with Crippen LogP contribution in [0.2, 0.25) is 0 Å². The lowest BCUT2D eigenvalue weighted by atomic mass is 9.85. The van der Waals surface area contributed by atoms with Crippen LogP contribution >= 0.6 is 0 Å². The Labute approximate surface area is 172 Å². The number of rotatable bonds is 7. The number of benzene rings is 2. The highest BCUT2D eigenvalue weighted by Gasteiger charge is 2.39. The van der Waals surface area contributed by atoms with Crippen molar-refractivity contribution in [1.29, 1.82) is 0 Å². The summed E-state index contributed by atoms with van der Waals surface area (Å²) < 4.78 is 28.0. The van der Waals surface area contributed by atoms with Gasteiger partial charge in [0.15, 0.2) is 0 Å². The summed E-state index contributed by atoms with van der Waals surface area (Å²) >= 11 is 0. The lowest BCUT2D eigenvalue weighted by Gasteiger charge is -2.30. The fraction of sp³-hybridized carbons (Fsp3) is 0.409. The molecule has 0 saturated heterocycles. The van der Waals surface area contributed by atoms with E-state index in [9.17, 15) is 18.3 Å². The van der Waals surface area contributed by atoms with Gasteiger partial charge in [-0.25, -0.2) is 13.1 Å². The fourth-order valence-electron chi connectivity index (χ4n) is 3.77. The second-order valence-corrected chi connectivity index (χ2v) is 9.78. The van der Waals surface area contributed by atoms with Crippen LogP contribution in [0.15, 0.2) is 53.4 Å². The van der Waals surface area contributed by atoms with Gasteiger partial charge in [-0.05, 0) is 43.0 Å². The zero-order chi connectivity index (χ0) is 21.1. The van der Waals surface area contributed by atoms with Crippen LogP contribution in [0, 0.1) is 12.3 Å². The van der Waals surface area contributed by atoms with Crippen LogP contribution < -0.4 is 10.0 Å². The molecule has 2 aromatic rings. The van der Waals surface area contributed by atoms with Crippen molar-refractivity contribution in [2.75, 3.05) is 6.61 Å². The molecule has 0 aliphatic heterocycles. The number of aryl methyl sites for hydroxylation is 1. The van der Waals surface area contributed by atoms with Crippen LogP contribution in [-0.2, 0) is 16.6 Å². The molecule has 0 heterocycles. The Morgan fingerprint density at radius 2 is 1.93 bits per heavy atom. The number of hydrogen-bond donors (Lipinski definition) is 3. The lowest BCUT2D eigenvalue weighted by Crippen LogP contribution is -2.45. The molecule has 2 aromatic carbocycles. The summed E-state index contributed by atoms with van der Waals surface area (Å²) in [5.74, 6) is -0.311. The number of amides is 1. The predicted octanol–water partition coefficient (Wildman–Crippen LogP) is 2.75. The monoisotopic (exact) mass is 416 g/mol. The molecule has 7 heteroatoms. The van der Waals surface area contributed by atoms with Crippen molar-refractivity contribution in [1.82, 2.24) is 10.0 Å². The number of hydrogen-bond acceptors (Lipinski definition) is 4. The van der Waals surface area contributed by atoms with Gasteiger partial charge in [0.1, 0.15) is 0 Å². The quantitative estimate of drug-likeness (QED) is 0.647. The Morgan fingerprint density at radius 3 is 2.62 bits per heavy atom. The molecular formula is C22H28N2O4S. The maximum absolute atomic E-state index is 12.9. The first-order valence-corrected chi connectivity index (χ1v) is 11.3. The van der Waals surface area contributed by atoms with E-state index in [1.807, 2.05) is 37.3 Å². The third kappa shape index (κ3) is 4.86. The largest absolute Gasteiger partial charge is 0.396 e. The van der Waals surface area contributed by atoms with E-state index in [4.69, 9.17) is 0 Å². The molecule has 1 aliphatic rings. The highest BCUT2D eigenvalue weighted by Crippen LogP contribution is 2.37. The number of carbonyl (C=O) groups excluding carboxylic acids is 1. The minimum absolute atomic E-state index is 0.00868. The molecule has 0 unspecified atom stereocenters. The van der Waals surface area contributed by atoms with Crippen LogP contribution in [0.5, 0.6) is 0 Å². The fourth-order valence-corrected chi connectivity index (χ4v) is 4.82. The number of carbonyl (C=O) groups is 1. The van der Waals surface area contributed by atoms with Crippen LogP contribution in [0.3, 0.4) is 0 Å². The summed E-state index contributed by atoms with van der Waals surface area (Å²) in [6.45, 7) is 3.93. The second kappa shape index (κ2) is 8.65. The molecule has 0 aromatic heterocycles. The predicted molar refractivity (Wildman–Crippen MR) is 112 cm³/mol. The number of nitrogens with one attached hydrogen (secondary N) is 2. The summed E-state index contributed by atoms with van der Waals surface area (Å²) in [5, 5.41) is 12.7. The van der Waals surface area contributed by atoms with Crippen LogP contribution in [-0.4, -0.2) is 32.1 Å². The van der Waals surface area contributed by atoms with Crippen molar-refractivity contribution >= 4 is 15.9 Å². The van der Waals surface area contributed by atoms with Crippen molar-refractivity contribution < 1.29 is 18.3 Å². The Kier molecular flexibility index (Phi) is 6.41. The van der Waals surface area contributed by atoms with Gasteiger partial charge in [0, 0.05) is 23.6 Å². The van der Waals surface area contributed by atoms with Crippen LogP contribution in [0.25, 0.3) is 0 Å². The van der Waals surface area contributed by atoms with E-state index in [1.54, 1.807) is 13.0 Å². The first kappa shape index (κ1) is 21.5. The first-order valence-electron chi connectivity index (χ1n) is 9.81. The molecule has 29 heavy (non-hydrogen) atoms. The first-order chi connectivity index (χ1) is 13.7. The molecule has 2 atom stereocenters. The van der Waals surface area contributed by atoms with Gasteiger partial charge in [-0.2, -0.15) is 0 Å². The topological polar surface area (TPSA) is 95.5 Å². The summed E-state index contributed by atoms with van der Waals surface area (Å²) in [7, 11) is -3.76. The normalized spacial score (nSPS) is 21.8. The summed E-state index contributed by atoms with van der Waals surface area (Å²) in [5.41, 5.74) is 1.54.